The molecule has 0 atom stereocenters. The van der Waals surface area contributed by atoms with Gasteiger partial charge in [-0.3, -0.25) is 0 Å². The zero-order chi connectivity index (χ0) is 40.7. The number of nitrogens with zero attached hydrogens (tertiary/aromatic N) is 2. The number of anilines is 6. The number of furan rings is 1. The van der Waals surface area contributed by atoms with Gasteiger partial charge in [-0.15, -0.1) is 11.3 Å². The lowest BCUT2D eigenvalue weighted by Crippen LogP contribution is -2.14. The van der Waals surface area contributed by atoms with Crippen molar-refractivity contribution >= 4 is 135 Å². The highest BCUT2D eigenvalue weighted by Crippen LogP contribution is 2.54. The summed E-state index contributed by atoms with van der Waals surface area (Å²) in [6.45, 7) is 0. The Kier molecular flexibility index (Phi) is 8.76. The largest absolute Gasteiger partial charge is 0.454 e. The Morgan fingerprint density at radius 2 is 0.806 bits per heavy atom. The minimum absolute atomic E-state index is 0.845. The van der Waals surface area contributed by atoms with E-state index in [0.29, 0.717) is 0 Å². The molecule has 294 valence electrons. The molecule has 2 aliphatic rings. The fourth-order valence-electron chi connectivity index (χ4n) is 8.71. The van der Waals surface area contributed by atoms with Gasteiger partial charge in [0.25, 0.3) is 0 Å². The third-order valence-electron chi connectivity index (χ3n) is 11.5. The molecular formula is C54H32N2OS5. The molecule has 0 spiro atoms. The minimum Gasteiger partial charge on any atom is -0.454 e. The molecule has 0 amide bonds. The Balaban J connectivity index is 1.06. The molecule has 0 bridgehead atoms. The fourth-order valence-corrected chi connectivity index (χ4v) is 14.3. The summed E-state index contributed by atoms with van der Waals surface area (Å²) < 4.78 is 9.57. The maximum absolute atomic E-state index is 6.99. The topological polar surface area (TPSA) is 19.6 Å². The maximum atomic E-state index is 6.99. The summed E-state index contributed by atoms with van der Waals surface area (Å²) in [6, 6.07) is 70.8. The van der Waals surface area contributed by atoms with E-state index >= 15 is 0 Å². The molecule has 3 nitrogen and oxygen atoms in total. The van der Waals surface area contributed by atoms with E-state index < -0.39 is 0 Å². The molecule has 8 heteroatoms. The number of benzene rings is 9. The van der Waals surface area contributed by atoms with Gasteiger partial charge in [0.05, 0.1) is 5.69 Å². The quantitative estimate of drug-likeness (QED) is 0.164. The van der Waals surface area contributed by atoms with Crippen LogP contribution in [0.1, 0.15) is 0 Å². The van der Waals surface area contributed by atoms with E-state index in [0.717, 1.165) is 56.1 Å². The molecule has 0 saturated heterocycles. The Hall–Kier alpha value is -6.00. The highest BCUT2D eigenvalue weighted by molar-refractivity contribution is 8.05. The normalized spacial score (nSPS) is 12.9. The average Bonchev–Trinajstić information content (AvgIpc) is 3.89. The predicted octanol–water partition coefficient (Wildman–Crippen LogP) is 18.1. The average molecular weight is 885 g/mol. The Morgan fingerprint density at radius 3 is 1.48 bits per heavy atom. The SMILES string of the molecule is c1ccc(N(c2ccc3sc4ccccc4c3c2)c2cc(N(c3ccc4c(c3)Sc3ccccc3S4)c3ccc4c(c3)Sc3ccccc3S4)c3oc4ccccc4c3c2)cc1. The first-order valence-electron chi connectivity index (χ1n) is 20.4. The van der Waals surface area contributed by atoms with Gasteiger partial charge in [0, 0.05) is 98.5 Å². The molecule has 0 fully saturated rings. The molecule has 0 unspecified atom stereocenters. The molecule has 0 N–H and O–H groups in total. The zero-order valence-electron chi connectivity index (χ0n) is 32.8. The molecule has 0 saturated carbocycles. The van der Waals surface area contributed by atoms with E-state index in [1.165, 1.54) is 59.3 Å². The predicted molar refractivity (Wildman–Crippen MR) is 265 cm³/mol. The third-order valence-corrected chi connectivity index (χ3v) is 17.8. The number of fused-ring (bicyclic) bond motifs is 10. The van der Waals surface area contributed by atoms with Crippen LogP contribution in [0.15, 0.2) is 238 Å². The lowest BCUT2D eigenvalue weighted by atomic mass is 10.1. The van der Waals surface area contributed by atoms with Crippen LogP contribution in [0.5, 0.6) is 0 Å². The van der Waals surface area contributed by atoms with Crippen molar-refractivity contribution in [3.8, 4) is 0 Å². The van der Waals surface area contributed by atoms with E-state index in [2.05, 4.69) is 204 Å². The standard InChI is InChI=1S/C54H32N2OS5/c1-2-12-33(13-3-1)55(34-22-25-45-40(28-34)39-15-5-7-17-44(39)58-45)37-29-41-38-14-4-6-16-43(38)57-54(41)42(30-37)56(35-23-26-50-52(31-35)61-48-20-10-8-18-46(48)59-50)36-24-27-51-53(32-36)62-49-21-11-9-19-47(49)60-51/h1-32H. The van der Waals surface area contributed by atoms with Gasteiger partial charge in [-0.1, -0.05) is 126 Å². The molecule has 9 aromatic carbocycles. The van der Waals surface area contributed by atoms with Crippen molar-refractivity contribution in [2.75, 3.05) is 9.80 Å². The number of hydrogen-bond donors (Lipinski definition) is 0. The van der Waals surface area contributed by atoms with Crippen LogP contribution in [0.4, 0.5) is 34.1 Å². The Labute approximate surface area is 379 Å². The zero-order valence-corrected chi connectivity index (χ0v) is 36.9. The van der Waals surface area contributed by atoms with Gasteiger partial charge >= 0.3 is 0 Å². The first-order valence-corrected chi connectivity index (χ1v) is 24.5. The third kappa shape index (κ3) is 6.15. The molecule has 4 heterocycles. The van der Waals surface area contributed by atoms with Crippen molar-refractivity contribution in [2.45, 2.75) is 39.2 Å². The maximum Gasteiger partial charge on any atom is 0.159 e. The van der Waals surface area contributed by atoms with Crippen LogP contribution < -0.4 is 9.80 Å². The van der Waals surface area contributed by atoms with Crippen molar-refractivity contribution in [1.29, 1.82) is 0 Å². The molecule has 2 aromatic heterocycles. The van der Waals surface area contributed by atoms with Crippen LogP contribution in [0, 0.1) is 0 Å². The smallest absolute Gasteiger partial charge is 0.159 e. The molecular weight excluding hydrogens is 853 g/mol. The van der Waals surface area contributed by atoms with Gasteiger partial charge in [-0.25, -0.2) is 0 Å². The summed E-state index contributed by atoms with van der Waals surface area (Å²) >= 11 is 9.23. The van der Waals surface area contributed by atoms with Crippen molar-refractivity contribution in [2.24, 2.45) is 0 Å². The van der Waals surface area contributed by atoms with Crippen molar-refractivity contribution in [3.63, 3.8) is 0 Å². The highest BCUT2D eigenvalue weighted by Gasteiger charge is 2.27. The van der Waals surface area contributed by atoms with E-state index in [1.54, 1.807) is 0 Å². The van der Waals surface area contributed by atoms with Crippen LogP contribution in [0.2, 0.25) is 0 Å². The van der Waals surface area contributed by atoms with Gasteiger partial charge in [0.1, 0.15) is 5.58 Å². The van der Waals surface area contributed by atoms with Gasteiger partial charge < -0.3 is 14.2 Å². The van der Waals surface area contributed by atoms with Crippen LogP contribution in [-0.4, -0.2) is 0 Å². The van der Waals surface area contributed by atoms with Crippen LogP contribution in [0.25, 0.3) is 42.1 Å². The van der Waals surface area contributed by atoms with E-state index in [9.17, 15) is 0 Å². The summed E-state index contributed by atoms with van der Waals surface area (Å²) in [5.41, 5.74) is 8.04. The monoisotopic (exact) mass is 884 g/mol. The van der Waals surface area contributed by atoms with Crippen molar-refractivity contribution in [1.82, 2.24) is 0 Å². The number of hydrogen-bond acceptors (Lipinski definition) is 8. The molecule has 13 rings (SSSR count). The minimum atomic E-state index is 0.845. The van der Waals surface area contributed by atoms with Crippen LogP contribution in [0.3, 0.4) is 0 Å². The second-order valence-electron chi connectivity index (χ2n) is 15.3. The summed E-state index contributed by atoms with van der Waals surface area (Å²) in [5.74, 6) is 0. The summed E-state index contributed by atoms with van der Waals surface area (Å²) in [5, 5.41) is 4.69. The van der Waals surface area contributed by atoms with Crippen LogP contribution >= 0.6 is 58.4 Å². The first kappa shape index (κ1) is 36.6. The number of thiophene rings is 1. The summed E-state index contributed by atoms with van der Waals surface area (Å²) in [6.07, 6.45) is 0. The van der Waals surface area contributed by atoms with Crippen molar-refractivity contribution < 1.29 is 4.42 Å². The fraction of sp³-hybridized carbons (Fsp3) is 0. The second-order valence-corrected chi connectivity index (χ2v) is 20.7. The summed E-state index contributed by atoms with van der Waals surface area (Å²) in [4.78, 5) is 15.0. The molecule has 2 aliphatic heterocycles. The first-order chi connectivity index (χ1) is 30.7. The molecule has 62 heavy (non-hydrogen) atoms. The van der Waals surface area contributed by atoms with Crippen molar-refractivity contribution in [3.05, 3.63) is 194 Å². The molecule has 11 aromatic rings. The van der Waals surface area contributed by atoms with E-state index in [4.69, 9.17) is 4.42 Å². The lowest BCUT2D eigenvalue weighted by molar-refractivity contribution is 0.669. The molecule has 0 aliphatic carbocycles. The van der Waals surface area contributed by atoms with E-state index in [1.807, 2.05) is 58.4 Å². The van der Waals surface area contributed by atoms with Gasteiger partial charge in [-0.05, 0) is 115 Å². The lowest BCUT2D eigenvalue weighted by Gasteiger charge is -2.31. The highest BCUT2D eigenvalue weighted by atomic mass is 32.2. The second kappa shape index (κ2) is 14.8. The number of para-hydroxylation sites is 2. The van der Waals surface area contributed by atoms with Gasteiger partial charge in [0.15, 0.2) is 5.58 Å². The Morgan fingerprint density at radius 1 is 0.306 bits per heavy atom. The van der Waals surface area contributed by atoms with Gasteiger partial charge in [-0.2, -0.15) is 0 Å². The van der Waals surface area contributed by atoms with Gasteiger partial charge in [0.2, 0.25) is 0 Å². The Bertz CT molecular complexity index is 3480. The number of rotatable bonds is 6. The van der Waals surface area contributed by atoms with Crippen LogP contribution in [-0.2, 0) is 0 Å². The molecule has 0 radical (unpaired) electrons. The summed E-state index contributed by atoms with van der Waals surface area (Å²) in [7, 11) is 0. The van der Waals surface area contributed by atoms with E-state index in [-0.39, 0.29) is 0 Å².